The van der Waals surface area contributed by atoms with Gasteiger partial charge in [0, 0.05) is 47.5 Å². The van der Waals surface area contributed by atoms with Crippen LogP contribution in [0.15, 0.2) is 11.1 Å². The number of carbonyl (C=O) groups is 4. The Morgan fingerprint density at radius 2 is 1.66 bits per heavy atom. The number of aliphatic hydroxyl groups excluding tert-OH is 2. The SMILES string of the molecule is COC(=O)C(C)CC(=O)CC(C)[C@H]1CC(O)C2(C)C3=C(C(=O)C[C@]12C)[C@@]1(C)CCC(=O)C(C)(C)C1CC3O. The maximum absolute atomic E-state index is 14.1. The van der Waals surface area contributed by atoms with Crippen LogP contribution in [0.1, 0.15) is 93.4 Å². The van der Waals surface area contributed by atoms with Crippen molar-refractivity contribution in [2.75, 3.05) is 7.11 Å². The Hall–Kier alpha value is -1.86. The first-order valence-electron chi connectivity index (χ1n) is 14.2. The summed E-state index contributed by atoms with van der Waals surface area (Å²) in [7, 11) is 1.31. The van der Waals surface area contributed by atoms with Crippen LogP contribution in [0.4, 0.5) is 0 Å². The molecule has 0 amide bonds. The third-order valence-corrected chi connectivity index (χ3v) is 11.8. The molecule has 7 nitrogen and oxygen atoms in total. The summed E-state index contributed by atoms with van der Waals surface area (Å²) in [6.07, 6.45) is 0.728. The fourth-order valence-electron chi connectivity index (χ4n) is 9.40. The van der Waals surface area contributed by atoms with Crippen LogP contribution in [0.3, 0.4) is 0 Å². The van der Waals surface area contributed by atoms with Crippen molar-refractivity contribution >= 4 is 23.3 Å². The molecule has 2 fully saturated rings. The van der Waals surface area contributed by atoms with Gasteiger partial charge >= 0.3 is 5.97 Å². The van der Waals surface area contributed by atoms with Crippen LogP contribution in [0.25, 0.3) is 0 Å². The number of esters is 1. The van der Waals surface area contributed by atoms with Gasteiger partial charge in [0.25, 0.3) is 0 Å². The lowest BCUT2D eigenvalue weighted by atomic mass is 9.42. The monoisotopic (exact) mass is 530 g/mol. The number of Topliss-reactive ketones (excluding diaryl/α,β-unsaturated/α-hetero) is 3. The van der Waals surface area contributed by atoms with Gasteiger partial charge in [-0.25, -0.2) is 0 Å². The molecule has 4 aliphatic carbocycles. The Morgan fingerprint density at radius 3 is 2.26 bits per heavy atom. The minimum atomic E-state index is -0.909. The first kappa shape index (κ1) is 29.1. The molecular weight excluding hydrogens is 484 g/mol. The van der Waals surface area contributed by atoms with Crippen LogP contribution in [0.5, 0.6) is 0 Å². The minimum Gasteiger partial charge on any atom is -0.469 e. The zero-order chi connectivity index (χ0) is 28.6. The number of hydrogen-bond acceptors (Lipinski definition) is 7. The molecular formula is C31H46O7. The standard InChI is InChI=1S/C31H46O7/c1-16(11-18(32)12-17(2)27(37)38-8)19-13-24(36)31(7)26-20(33)14-22-28(3,4)23(35)9-10-29(22,5)25(26)21(34)15-30(19,31)6/h16-17,19-20,22,24,33,36H,9-15H2,1-8H3/t16?,17?,19-,20?,22?,24?,29+,30-,31?/m1/s1. The lowest BCUT2D eigenvalue weighted by Gasteiger charge is -2.61. The Bertz CT molecular complexity index is 1090. The molecule has 9 atom stereocenters. The van der Waals surface area contributed by atoms with Crippen molar-refractivity contribution in [3.05, 3.63) is 11.1 Å². The van der Waals surface area contributed by atoms with E-state index in [-0.39, 0.29) is 54.4 Å². The lowest BCUT2D eigenvalue weighted by Crippen LogP contribution is -2.60. The van der Waals surface area contributed by atoms with Crippen molar-refractivity contribution in [3.8, 4) is 0 Å². The van der Waals surface area contributed by atoms with Crippen molar-refractivity contribution in [3.63, 3.8) is 0 Å². The van der Waals surface area contributed by atoms with E-state index < -0.39 is 45.8 Å². The molecule has 0 heterocycles. The Morgan fingerprint density at radius 1 is 1.03 bits per heavy atom. The van der Waals surface area contributed by atoms with Gasteiger partial charge in [0.05, 0.1) is 25.2 Å². The van der Waals surface area contributed by atoms with Gasteiger partial charge in [-0.1, -0.05) is 48.5 Å². The number of hydrogen-bond donors (Lipinski definition) is 2. The molecule has 0 aromatic heterocycles. The molecule has 0 radical (unpaired) electrons. The summed E-state index contributed by atoms with van der Waals surface area (Å²) < 4.78 is 4.76. The molecule has 212 valence electrons. The molecule has 38 heavy (non-hydrogen) atoms. The summed E-state index contributed by atoms with van der Waals surface area (Å²) in [6, 6.07) is 0. The average molecular weight is 531 g/mol. The van der Waals surface area contributed by atoms with Gasteiger partial charge in [0.15, 0.2) is 5.78 Å². The molecule has 4 aliphatic rings. The summed E-state index contributed by atoms with van der Waals surface area (Å²) >= 11 is 0. The maximum Gasteiger partial charge on any atom is 0.308 e. The Labute approximate surface area is 226 Å². The van der Waals surface area contributed by atoms with Crippen molar-refractivity contribution in [2.24, 2.45) is 45.3 Å². The summed E-state index contributed by atoms with van der Waals surface area (Å²) in [5, 5.41) is 23.3. The van der Waals surface area contributed by atoms with E-state index in [4.69, 9.17) is 4.74 Å². The smallest absolute Gasteiger partial charge is 0.308 e. The van der Waals surface area contributed by atoms with Gasteiger partial charge in [-0.15, -0.1) is 0 Å². The highest BCUT2D eigenvalue weighted by Crippen LogP contribution is 2.71. The van der Waals surface area contributed by atoms with E-state index in [1.54, 1.807) is 6.92 Å². The maximum atomic E-state index is 14.1. The topological polar surface area (TPSA) is 118 Å². The van der Waals surface area contributed by atoms with Crippen LogP contribution >= 0.6 is 0 Å². The van der Waals surface area contributed by atoms with Crippen molar-refractivity contribution in [2.45, 2.75) is 106 Å². The van der Waals surface area contributed by atoms with Gasteiger partial charge in [0.1, 0.15) is 11.6 Å². The summed E-state index contributed by atoms with van der Waals surface area (Å²) in [5.41, 5.74) is -1.31. The zero-order valence-electron chi connectivity index (χ0n) is 24.3. The van der Waals surface area contributed by atoms with Crippen molar-refractivity contribution in [1.29, 1.82) is 0 Å². The fourth-order valence-corrected chi connectivity index (χ4v) is 9.40. The normalized spacial score (nSPS) is 41.6. The molecule has 6 unspecified atom stereocenters. The van der Waals surface area contributed by atoms with E-state index in [0.29, 0.717) is 36.8 Å². The molecule has 2 N–H and O–H groups in total. The number of aliphatic hydroxyl groups is 2. The van der Waals surface area contributed by atoms with Crippen LogP contribution in [0.2, 0.25) is 0 Å². The molecule has 7 heteroatoms. The second-order valence-corrected chi connectivity index (χ2v) is 14.1. The van der Waals surface area contributed by atoms with E-state index in [1.807, 2.05) is 34.6 Å². The highest BCUT2D eigenvalue weighted by Gasteiger charge is 2.70. The lowest BCUT2D eigenvalue weighted by molar-refractivity contribution is -0.147. The number of rotatable bonds is 6. The molecule has 0 aliphatic heterocycles. The summed E-state index contributed by atoms with van der Waals surface area (Å²) in [4.78, 5) is 51.7. The fraction of sp³-hybridized carbons (Fsp3) is 0.806. The van der Waals surface area contributed by atoms with Gasteiger partial charge in [-0.3, -0.25) is 19.2 Å². The van der Waals surface area contributed by atoms with E-state index in [1.165, 1.54) is 7.11 Å². The predicted octanol–water partition coefficient (Wildman–Crippen LogP) is 4.22. The van der Waals surface area contributed by atoms with E-state index in [2.05, 4.69) is 6.92 Å². The van der Waals surface area contributed by atoms with Gasteiger partial charge < -0.3 is 14.9 Å². The van der Waals surface area contributed by atoms with Crippen LogP contribution in [-0.4, -0.2) is 52.8 Å². The third kappa shape index (κ3) is 3.89. The van der Waals surface area contributed by atoms with Crippen LogP contribution in [-0.2, 0) is 23.9 Å². The number of ether oxygens (including phenoxy) is 1. The number of ketones is 3. The molecule has 0 spiro atoms. The van der Waals surface area contributed by atoms with E-state index in [0.717, 1.165) is 0 Å². The molecule has 0 aromatic rings. The second kappa shape index (κ2) is 9.36. The first-order chi connectivity index (χ1) is 17.5. The molecule has 0 aromatic carbocycles. The summed E-state index contributed by atoms with van der Waals surface area (Å²) in [5.74, 6) is -1.15. The molecule has 0 saturated heterocycles. The Kier molecular flexibility index (Phi) is 7.18. The van der Waals surface area contributed by atoms with Crippen LogP contribution < -0.4 is 0 Å². The number of allylic oxidation sites excluding steroid dienone is 1. The molecule has 2 saturated carbocycles. The van der Waals surface area contributed by atoms with Crippen molar-refractivity contribution in [1.82, 2.24) is 0 Å². The number of fused-ring (bicyclic) bond motifs is 4. The molecule has 4 rings (SSSR count). The molecule has 0 bridgehead atoms. The van der Waals surface area contributed by atoms with Gasteiger partial charge in [-0.05, 0) is 48.0 Å². The first-order valence-corrected chi connectivity index (χ1v) is 14.2. The highest BCUT2D eigenvalue weighted by atomic mass is 16.5. The van der Waals surface area contributed by atoms with Crippen molar-refractivity contribution < 1.29 is 34.1 Å². The van der Waals surface area contributed by atoms with E-state index >= 15 is 0 Å². The van der Waals surface area contributed by atoms with Gasteiger partial charge in [0.2, 0.25) is 0 Å². The third-order valence-electron chi connectivity index (χ3n) is 11.8. The van der Waals surface area contributed by atoms with Crippen LogP contribution in [0, 0.1) is 45.3 Å². The minimum absolute atomic E-state index is 0.00770. The number of methoxy groups -OCH3 is 1. The quantitative estimate of drug-likeness (QED) is 0.494. The predicted molar refractivity (Wildman–Crippen MR) is 142 cm³/mol. The zero-order valence-corrected chi connectivity index (χ0v) is 24.3. The summed E-state index contributed by atoms with van der Waals surface area (Å²) in [6.45, 7) is 13.7. The van der Waals surface area contributed by atoms with Gasteiger partial charge in [-0.2, -0.15) is 0 Å². The number of carbonyl (C=O) groups excluding carboxylic acids is 4. The second-order valence-electron chi connectivity index (χ2n) is 14.1. The largest absolute Gasteiger partial charge is 0.469 e. The van der Waals surface area contributed by atoms with E-state index in [9.17, 15) is 29.4 Å². The highest BCUT2D eigenvalue weighted by molar-refractivity contribution is 6.01. The average Bonchev–Trinajstić information content (AvgIpc) is 3.03. The Balaban J connectivity index is 1.71.